The summed E-state index contributed by atoms with van der Waals surface area (Å²) in [5, 5.41) is 19.4. The molecule has 4 aromatic rings. The average Bonchev–Trinajstić information content (AvgIpc) is 3.54. The number of nitrogens with one attached hydrogen (secondary N) is 1. The number of carbonyl (C=O) groups excluding carboxylic acids is 1. The molecule has 0 aliphatic carbocycles. The van der Waals surface area contributed by atoms with Gasteiger partial charge in [-0.05, 0) is 28.5 Å². The molecule has 14 nitrogen and oxygen atoms in total. The first kappa shape index (κ1) is 24.0. The molecular weight excluding hydrogens is 472 g/mol. The number of aromatic nitrogens is 5. The van der Waals surface area contributed by atoms with Gasteiger partial charge in [0.2, 0.25) is 11.6 Å². The van der Waals surface area contributed by atoms with E-state index in [0.717, 1.165) is 0 Å². The zero-order chi connectivity index (χ0) is 25.7. The van der Waals surface area contributed by atoms with Crippen molar-refractivity contribution < 1.29 is 28.4 Å². The number of benzene rings is 2. The average molecular weight is 494 g/mol. The number of carbonyl (C=O) groups is 1. The third-order valence-electron chi connectivity index (χ3n) is 5.03. The molecule has 0 saturated heterocycles. The van der Waals surface area contributed by atoms with E-state index in [1.165, 1.54) is 39.3 Å². The molecule has 2 aromatic carbocycles. The highest BCUT2D eigenvalue weighted by Gasteiger charge is 2.25. The third-order valence-corrected chi connectivity index (χ3v) is 5.03. The lowest BCUT2D eigenvalue weighted by Gasteiger charge is -2.11. The predicted octanol–water partition coefficient (Wildman–Crippen LogP) is 1.70. The summed E-state index contributed by atoms with van der Waals surface area (Å²) in [5.74, 6) is 1.35. The van der Waals surface area contributed by atoms with Crippen molar-refractivity contribution >= 4 is 17.9 Å². The van der Waals surface area contributed by atoms with Gasteiger partial charge in [-0.1, -0.05) is 17.3 Å². The molecule has 0 bridgehead atoms. The van der Waals surface area contributed by atoms with Gasteiger partial charge >= 0.3 is 0 Å². The molecule has 0 fully saturated rings. The van der Waals surface area contributed by atoms with Crippen LogP contribution >= 0.6 is 0 Å². The highest BCUT2D eigenvalue weighted by molar-refractivity contribution is 5.99. The van der Waals surface area contributed by atoms with Crippen molar-refractivity contribution in [3.63, 3.8) is 0 Å². The fraction of sp³-hybridized carbons (Fsp3) is 0.182. The van der Waals surface area contributed by atoms with Crippen LogP contribution in [0.4, 0.5) is 5.82 Å². The number of anilines is 1. The first-order valence-electron chi connectivity index (χ1n) is 10.3. The van der Waals surface area contributed by atoms with Crippen LogP contribution in [0.2, 0.25) is 0 Å². The van der Waals surface area contributed by atoms with E-state index in [9.17, 15) is 4.79 Å². The van der Waals surface area contributed by atoms with Crippen molar-refractivity contribution in [2.45, 2.75) is 0 Å². The molecule has 0 spiro atoms. The molecule has 2 aromatic heterocycles. The Morgan fingerprint density at radius 2 is 1.78 bits per heavy atom. The Morgan fingerprint density at radius 1 is 1.03 bits per heavy atom. The molecule has 0 saturated carbocycles. The van der Waals surface area contributed by atoms with Crippen LogP contribution in [0.5, 0.6) is 23.0 Å². The molecule has 1 amide bonds. The second-order valence-corrected chi connectivity index (χ2v) is 7.05. The molecule has 0 atom stereocenters. The van der Waals surface area contributed by atoms with Crippen LogP contribution in [0.1, 0.15) is 16.1 Å². The monoisotopic (exact) mass is 494 g/mol. The summed E-state index contributed by atoms with van der Waals surface area (Å²) in [6.45, 7) is 0. The van der Waals surface area contributed by atoms with Crippen molar-refractivity contribution in [1.82, 2.24) is 30.7 Å². The number of nitrogens with zero attached hydrogens (tertiary/aromatic N) is 6. The predicted molar refractivity (Wildman–Crippen MR) is 127 cm³/mol. The van der Waals surface area contributed by atoms with Crippen molar-refractivity contribution in [2.75, 3.05) is 34.2 Å². The summed E-state index contributed by atoms with van der Waals surface area (Å²) >= 11 is 0. The summed E-state index contributed by atoms with van der Waals surface area (Å²) < 4.78 is 27.2. The van der Waals surface area contributed by atoms with E-state index in [2.05, 4.69) is 35.8 Å². The van der Waals surface area contributed by atoms with Crippen LogP contribution in [0, 0.1) is 0 Å². The summed E-state index contributed by atoms with van der Waals surface area (Å²) in [6, 6.07) is 10.3. The van der Waals surface area contributed by atoms with Crippen LogP contribution in [0.15, 0.2) is 46.1 Å². The Hall–Kier alpha value is -5.14. The number of hydrogen-bond acceptors (Lipinski definition) is 12. The zero-order valence-corrected chi connectivity index (χ0v) is 19.8. The van der Waals surface area contributed by atoms with Crippen LogP contribution < -0.4 is 30.1 Å². The molecule has 0 unspecified atom stereocenters. The molecule has 186 valence electrons. The molecule has 2 heterocycles. The maximum atomic E-state index is 13.1. The number of methoxy groups -OCH3 is 4. The number of hydrazone groups is 1. The van der Waals surface area contributed by atoms with Gasteiger partial charge in [-0.3, -0.25) is 4.79 Å². The number of amides is 1. The molecule has 14 heteroatoms. The summed E-state index contributed by atoms with van der Waals surface area (Å²) in [7, 11) is 6.05. The Bertz CT molecular complexity index is 1410. The number of nitrogen functional groups attached to an aromatic ring is 1. The molecule has 4 rings (SSSR count). The number of nitrogens with two attached hydrogens (primary N) is 1. The van der Waals surface area contributed by atoms with Crippen molar-refractivity contribution in [2.24, 2.45) is 5.10 Å². The SMILES string of the molecule is COc1cccc(-c2c(C(=O)N/N=C\c3cc(OC)c(OC)cc3OC)nnn2-c2nonc2N)c1. The van der Waals surface area contributed by atoms with E-state index >= 15 is 0 Å². The van der Waals surface area contributed by atoms with Gasteiger partial charge in [0, 0.05) is 17.2 Å². The molecule has 0 radical (unpaired) electrons. The van der Waals surface area contributed by atoms with Crippen LogP contribution in [-0.4, -0.2) is 65.9 Å². The van der Waals surface area contributed by atoms with Crippen LogP contribution in [0.25, 0.3) is 17.1 Å². The minimum atomic E-state index is -0.648. The fourth-order valence-corrected chi connectivity index (χ4v) is 3.32. The maximum Gasteiger partial charge on any atom is 0.294 e. The van der Waals surface area contributed by atoms with E-state index in [0.29, 0.717) is 34.1 Å². The Balaban J connectivity index is 1.69. The zero-order valence-electron chi connectivity index (χ0n) is 19.8. The molecular formula is C22H22N8O6. The minimum absolute atomic E-state index is 0.0328. The summed E-state index contributed by atoms with van der Waals surface area (Å²) in [6.07, 6.45) is 1.40. The second kappa shape index (κ2) is 10.4. The van der Waals surface area contributed by atoms with E-state index in [1.807, 2.05) is 0 Å². The lowest BCUT2D eigenvalue weighted by molar-refractivity contribution is 0.0950. The van der Waals surface area contributed by atoms with E-state index < -0.39 is 5.91 Å². The topological polar surface area (TPSA) is 174 Å². The van der Waals surface area contributed by atoms with Gasteiger partial charge in [-0.25, -0.2) is 10.1 Å². The van der Waals surface area contributed by atoms with E-state index in [4.69, 9.17) is 24.7 Å². The van der Waals surface area contributed by atoms with Gasteiger partial charge in [0.15, 0.2) is 17.2 Å². The van der Waals surface area contributed by atoms with Crippen LogP contribution in [0.3, 0.4) is 0 Å². The van der Waals surface area contributed by atoms with Crippen LogP contribution in [-0.2, 0) is 0 Å². The minimum Gasteiger partial charge on any atom is -0.497 e. The lowest BCUT2D eigenvalue weighted by Crippen LogP contribution is -2.19. The Kier molecular flexibility index (Phi) is 6.95. The first-order chi connectivity index (χ1) is 17.5. The number of ether oxygens (including phenoxy) is 4. The quantitative estimate of drug-likeness (QED) is 0.256. The third kappa shape index (κ3) is 4.59. The summed E-state index contributed by atoms with van der Waals surface area (Å²) in [4.78, 5) is 13.1. The standard InChI is InChI=1S/C22H22N8O6/c1-32-14-7-5-6-12(8-14)19-18(25-29-30(19)21-20(23)27-36-28-21)22(31)26-24-11-13-9-16(34-3)17(35-4)10-15(13)33-2/h5-11H,1-4H3,(H2,23,27)(H,26,31)/b24-11-. The van der Waals surface area contributed by atoms with Crippen molar-refractivity contribution in [3.05, 3.63) is 47.7 Å². The van der Waals surface area contributed by atoms with E-state index in [-0.39, 0.29) is 23.0 Å². The first-order valence-corrected chi connectivity index (χ1v) is 10.3. The largest absolute Gasteiger partial charge is 0.497 e. The lowest BCUT2D eigenvalue weighted by atomic mass is 10.1. The van der Waals surface area contributed by atoms with Gasteiger partial charge in [0.05, 0.1) is 34.7 Å². The summed E-state index contributed by atoms with van der Waals surface area (Å²) in [5.41, 5.74) is 9.59. The molecule has 3 N–H and O–H groups in total. The number of rotatable bonds is 9. The van der Waals surface area contributed by atoms with Crippen molar-refractivity contribution in [3.8, 4) is 40.1 Å². The smallest absolute Gasteiger partial charge is 0.294 e. The van der Waals surface area contributed by atoms with Gasteiger partial charge in [-0.2, -0.15) is 9.78 Å². The van der Waals surface area contributed by atoms with Gasteiger partial charge in [0.25, 0.3) is 5.91 Å². The normalized spacial score (nSPS) is 10.9. The maximum absolute atomic E-state index is 13.1. The van der Waals surface area contributed by atoms with Gasteiger partial charge in [-0.15, -0.1) is 5.10 Å². The fourth-order valence-electron chi connectivity index (χ4n) is 3.32. The Labute approximate surface area is 204 Å². The Morgan fingerprint density at radius 3 is 2.44 bits per heavy atom. The molecule has 0 aliphatic rings. The van der Waals surface area contributed by atoms with Gasteiger partial charge in [0.1, 0.15) is 17.2 Å². The highest BCUT2D eigenvalue weighted by Crippen LogP contribution is 2.34. The highest BCUT2D eigenvalue weighted by atomic mass is 16.6. The van der Waals surface area contributed by atoms with E-state index in [1.54, 1.807) is 36.4 Å². The second-order valence-electron chi connectivity index (χ2n) is 7.05. The van der Waals surface area contributed by atoms with Crippen molar-refractivity contribution in [1.29, 1.82) is 0 Å². The number of hydrogen-bond donors (Lipinski definition) is 2. The molecule has 0 aliphatic heterocycles. The van der Waals surface area contributed by atoms with Gasteiger partial charge < -0.3 is 24.7 Å². The molecule has 36 heavy (non-hydrogen) atoms.